The van der Waals surface area contributed by atoms with Crippen LogP contribution in [0.3, 0.4) is 0 Å². The average Bonchev–Trinajstić information content (AvgIpc) is 3.17. The lowest BCUT2D eigenvalue weighted by atomic mass is 10.0. The SMILES string of the molecule is O=C(O)[C@H]1CCCCN1C(=O)Cc1csc(-c2ccoc2)n1. The first-order chi connectivity index (χ1) is 10.6. The van der Waals surface area contributed by atoms with Gasteiger partial charge in [0, 0.05) is 17.5 Å². The molecule has 1 aliphatic heterocycles. The van der Waals surface area contributed by atoms with Crippen LogP contribution in [0.25, 0.3) is 10.6 Å². The lowest BCUT2D eigenvalue weighted by Crippen LogP contribution is -2.48. The number of rotatable bonds is 4. The molecule has 1 N–H and O–H groups in total. The number of thiazole rings is 1. The van der Waals surface area contributed by atoms with Gasteiger partial charge in [-0.3, -0.25) is 4.79 Å². The minimum absolute atomic E-state index is 0.137. The van der Waals surface area contributed by atoms with Gasteiger partial charge in [0.2, 0.25) is 5.91 Å². The summed E-state index contributed by atoms with van der Waals surface area (Å²) in [5, 5.41) is 11.9. The fourth-order valence-corrected chi connectivity index (χ4v) is 3.46. The summed E-state index contributed by atoms with van der Waals surface area (Å²) in [6, 6.07) is 1.11. The van der Waals surface area contributed by atoms with Gasteiger partial charge in [-0.15, -0.1) is 11.3 Å². The number of carboxylic acid groups (broad SMARTS) is 1. The molecule has 0 unspecified atom stereocenters. The van der Waals surface area contributed by atoms with Gasteiger partial charge in [0.1, 0.15) is 17.3 Å². The highest BCUT2D eigenvalue weighted by Crippen LogP contribution is 2.25. The Morgan fingerprint density at radius 1 is 1.45 bits per heavy atom. The Morgan fingerprint density at radius 3 is 3.05 bits per heavy atom. The van der Waals surface area contributed by atoms with E-state index in [2.05, 4.69) is 4.98 Å². The Kier molecular flexibility index (Phi) is 4.24. The van der Waals surface area contributed by atoms with E-state index in [1.807, 2.05) is 11.4 Å². The van der Waals surface area contributed by atoms with E-state index in [9.17, 15) is 14.7 Å². The zero-order valence-corrected chi connectivity index (χ0v) is 12.7. The number of hydrogen-bond acceptors (Lipinski definition) is 5. The molecule has 1 aliphatic rings. The van der Waals surface area contributed by atoms with Crippen LogP contribution in [0.1, 0.15) is 25.0 Å². The summed E-state index contributed by atoms with van der Waals surface area (Å²) in [6.45, 7) is 0.508. The Balaban J connectivity index is 1.70. The fourth-order valence-electron chi connectivity index (χ4n) is 2.65. The van der Waals surface area contributed by atoms with Crippen LogP contribution < -0.4 is 0 Å². The summed E-state index contributed by atoms with van der Waals surface area (Å²) in [4.78, 5) is 29.5. The normalized spacial score (nSPS) is 18.4. The highest BCUT2D eigenvalue weighted by molar-refractivity contribution is 7.13. The minimum Gasteiger partial charge on any atom is -0.480 e. The van der Waals surface area contributed by atoms with Crippen molar-refractivity contribution in [2.24, 2.45) is 0 Å². The van der Waals surface area contributed by atoms with Crippen molar-refractivity contribution in [3.8, 4) is 10.6 Å². The molecule has 1 fully saturated rings. The van der Waals surface area contributed by atoms with Gasteiger partial charge in [-0.1, -0.05) is 0 Å². The molecule has 6 nitrogen and oxygen atoms in total. The second-order valence-corrected chi connectivity index (χ2v) is 6.13. The Morgan fingerprint density at radius 2 is 2.32 bits per heavy atom. The zero-order chi connectivity index (χ0) is 15.5. The third-order valence-electron chi connectivity index (χ3n) is 3.76. The Bertz CT molecular complexity index is 665. The molecule has 7 heteroatoms. The quantitative estimate of drug-likeness (QED) is 0.935. The van der Waals surface area contributed by atoms with Gasteiger partial charge in [0.15, 0.2) is 0 Å². The number of carboxylic acids is 1. The molecule has 3 heterocycles. The number of likely N-dealkylation sites (tertiary alicyclic amines) is 1. The first-order valence-corrected chi connectivity index (χ1v) is 8.02. The predicted octanol–water partition coefficient (Wildman–Crippen LogP) is 2.41. The summed E-state index contributed by atoms with van der Waals surface area (Å²) < 4.78 is 5.02. The number of piperidine rings is 1. The average molecular weight is 320 g/mol. The van der Waals surface area contributed by atoms with Crippen LogP contribution in [-0.4, -0.2) is 39.5 Å². The van der Waals surface area contributed by atoms with Crippen molar-refractivity contribution < 1.29 is 19.1 Å². The van der Waals surface area contributed by atoms with E-state index in [0.717, 1.165) is 23.4 Å². The predicted molar refractivity (Wildman–Crippen MR) is 80.5 cm³/mol. The number of nitrogens with zero attached hydrogens (tertiary/aromatic N) is 2. The van der Waals surface area contributed by atoms with Gasteiger partial charge < -0.3 is 14.4 Å². The number of aliphatic carboxylic acids is 1. The molecule has 0 aromatic carbocycles. The van der Waals surface area contributed by atoms with E-state index < -0.39 is 12.0 Å². The second-order valence-electron chi connectivity index (χ2n) is 5.27. The molecule has 2 aromatic rings. The van der Waals surface area contributed by atoms with E-state index >= 15 is 0 Å². The maximum absolute atomic E-state index is 12.4. The maximum Gasteiger partial charge on any atom is 0.326 e. The first-order valence-electron chi connectivity index (χ1n) is 7.14. The molecule has 1 atom stereocenters. The van der Waals surface area contributed by atoms with Gasteiger partial charge in [-0.05, 0) is 25.3 Å². The number of amides is 1. The van der Waals surface area contributed by atoms with E-state index in [4.69, 9.17) is 4.42 Å². The lowest BCUT2D eigenvalue weighted by Gasteiger charge is -2.32. The standard InChI is InChI=1S/C15H16N2O4S/c18-13(17-5-2-1-3-12(17)15(19)20)7-11-9-22-14(16-11)10-4-6-21-8-10/h4,6,8-9,12H,1-3,5,7H2,(H,19,20)/t12-/m1/s1. The summed E-state index contributed by atoms with van der Waals surface area (Å²) in [6.07, 6.45) is 5.55. The van der Waals surface area contributed by atoms with Crippen LogP contribution in [0, 0.1) is 0 Å². The van der Waals surface area contributed by atoms with Gasteiger partial charge in [0.05, 0.1) is 18.4 Å². The maximum atomic E-state index is 12.4. The van der Waals surface area contributed by atoms with Gasteiger partial charge >= 0.3 is 5.97 Å². The van der Waals surface area contributed by atoms with Crippen molar-refractivity contribution in [2.45, 2.75) is 31.7 Å². The summed E-state index contributed by atoms with van der Waals surface area (Å²) in [5.74, 6) is -1.10. The number of aromatic nitrogens is 1. The Hall–Kier alpha value is -2.15. The van der Waals surface area contributed by atoms with E-state index in [-0.39, 0.29) is 12.3 Å². The third-order valence-corrected chi connectivity index (χ3v) is 4.70. The van der Waals surface area contributed by atoms with Crippen molar-refractivity contribution >= 4 is 23.2 Å². The van der Waals surface area contributed by atoms with Crippen LogP contribution in [0.2, 0.25) is 0 Å². The molecule has 2 aromatic heterocycles. The third kappa shape index (κ3) is 3.04. The van der Waals surface area contributed by atoms with Crippen LogP contribution in [0.5, 0.6) is 0 Å². The van der Waals surface area contributed by atoms with Crippen molar-refractivity contribution in [2.75, 3.05) is 6.54 Å². The highest BCUT2D eigenvalue weighted by Gasteiger charge is 2.31. The topological polar surface area (TPSA) is 83.6 Å². The number of carbonyl (C=O) groups excluding carboxylic acids is 1. The number of hydrogen-bond donors (Lipinski definition) is 1. The highest BCUT2D eigenvalue weighted by atomic mass is 32.1. The Labute approximate surface area is 131 Å². The molecule has 0 radical (unpaired) electrons. The van der Waals surface area contributed by atoms with E-state index in [1.54, 1.807) is 12.5 Å². The van der Waals surface area contributed by atoms with Crippen LogP contribution in [-0.2, 0) is 16.0 Å². The molecular formula is C15H16N2O4S. The van der Waals surface area contributed by atoms with E-state index in [0.29, 0.717) is 18.7 Å². The molecule has 0 saturated carbocycles. The van der Waals surface area contributed by atoms with Crippen molar-refractivity contribution in [3.63, 3.8) is 0 Å². The summed E-state index contributed by atoms with van der Waals surface area (Å²) in [7, 11) is 0. The van der Waals surface area contributed by atoms with Gasteiger partial charge in [0.25, 0.3) is 0 Å². The zero-order valence-electron chi connectivity index (χ0n) is 11.9. The lowest BCUT2D eigenvalue weighted by molar-refractivity contribution is -0.151. The van der Waals surface area contributed by atoms with Crippen molar-refractivity contribution in [3.05, 3.63) is 29.7 Å². The molecule has 0 bridgehead atoms. The van der Waals surface area contributed by atoms with Crippen molar-refractivity contribution in [1.29, 1.82) is 0 Å². The molecular weight excluding hydrogens is 304 g/mol. The van der Waals surface area contributed by atoms with Crippen LogP contribution in [0.15, 0.2) is 28.4 Å². The number of furan rings is 1. The molecule has 0 spiro atoms. The minimum atomic E-state index is -0.926. The van der Waals surface area contributed by atoms with Gasteiger partial charge in [-0.25, -0.2) is 9.78 Å². The summed E-state index contributed by atoms with van der Waals surface area (Å²) >= 11 is 1.44. The second kappa shape index (κ2) is 6.31. The summed E-state index contributed by atoms with van der Waals surface area (Å²) in [5.41, 5.74) is 1.55. The fraction of sp³-hybridized carbons (Fsp3) is 0.400. The molecule has 116 valence electrons. The van der Waals surface area contributed by atoms with Gasteiger partial charge in [-0.2, -0.15) is 0 Å². The van der Waals surface area contributed by atoms with Crippen LogP contribution >= 0.6 is 11.3 Å². The number of carbonyl (C=O) groups is 2. The molecule has 1 amide bonds. The first kappa shape index (κ1) is 14.8. The largest absolute Gasteiger partial charge is 0.480 e. The van der Waals surface area contributed by atoms with Crippen molar-refractivity contribution in [1.82, 2.24) is 9.88 Å². The van der Waals surface area contributed by atoms with E-state index in [1.165, 1.54) is 16.2 Å². The molecule has 3 rings (SSSR count). The smallest absolute Gasteiger partial charge is 0.326 e. The molecule has 0 aliphatic carbocycles. The molecule has 1 saturated heterocycles. The molecule has 22 heavy (non-hydrogen) atoms. The van der Waals surface area contributed by atoms with Crippen LogP contribution in [0.4, 0.5) is 0 Å². The monoisotopic (exact) mass is 320 g/mol.